The molecule has 0 unspecified atom stereocenters. The van der Waals surface area contributed by atoms with Crippen molar-refractivity contribution in [1.29, 1.82) is 0 Å². The molecule has 3 aromatic heterocycles. The zero-order chi connectivity index (χ0) is 29.9. The average molecular weight is 581 g/mol. The molecule has 0 fully saturated rings. The van der Waals surface area contributed by atoms with Crippen LogP contribution in [-0.2, 0) is 0 Å². The minimum Gasteiger partial charge on any atom is -0.508 e. The van der Waals surface area contributed by atoms with E-state index in [4.69, 9.17) is 14.1 Å². The van der Waals surface area contributed by atoms with Gasteiger partial charge in [-0.05, 0) is 77.5 Å². The fourth-order valence-corrected chi connectivity index (χ4v) is 6.28. The smallest absolute Gasteiger partial charge is 0.508 e. The topological polar surface area (TPSA) is 86.2 Å². The molecule has 1 N–H and O–H groups in total. The lowest BCUT2D eigenvalue weighted by Gasteiger charge is -2.10. The summed E-state index contributed by atoms with van der Waals surface area (Å²) in [6.45, 7) is 0. The van der Waals surface area contributed by atoms with Crippen molar-refractivity contribution < 1.29 is 14.1 Å². The lowest BCUT2D eigenvalue weighted by atomic mass is 10.0. The van der Waals surface area contributed by atoms with Crippen molar-refractivity contribution in [2.24, 2.45) is 0 Å². The maximum Gasteiger partial charge on any atom is 0.571 e. The Morgan fingerprint density at radius 2 is 1.16 bits per heavy atom. The normalized spacial score (nSPS) is 11.7. The minimum absolute atomic E-state index is 0.00730. The summed E-state index contributed by atoms with van der Waals surface area (Å²) >= 11 is 0. The van der Waals surface area contributed by atoms with Gasteiger partial charge in [-0.25, -0.2) is 4.98 Å². The fourth-order valence-electron chi connectivity index (χ4n) is 6.28. The second kappa shape index (κ2) is 10.0. The number of para-hydroxylation sites is 2. The highest BCUT2D eigenvalue weighted by Gasteiger charge is 2.16. The number of rotatable bonds is 5. The van der Waals surface area contributed by atoms with Crippen LogP contribution in [0.3, 0.4) is 0 Å². The Morgan fingerprint density at radius 1 is 0.556 bits per heavy atom. The molecule has 0 atom stereocenters. The number of nitrogens with zero attached hydrogens (tertiary/aromatic N) is 4. The first-order chi connectivity index (χ1) is 22.2. The molecule has 0 aliphatic carbocycles. The van der Waals surface area contributed by atoms with E-state index in [1.165, 1.54) is 10.8 Å². The summed E-state index contributed by atoms with van der Waals surface area (Å²) in [6, 6.07) is 43.2. The molecule has 1 radical (unpaired) electrons. The van der Waals surface area contributed by atoms with Crippen LogP contribution in [-0.4, -0.2) is 32.2 Å². The monoisotopic (exact) mass is 581 g/mol. The van der Waals surface area contributed by atoms with Gasteiger partial charge in [-0.3, -0.25) is 0 Å². The highest BCUT2D eigenvalue weighted by Crippen LogP contribution is 2.36. The molecule has 0 amide bonds. The molecule has 9 aromatic rings. The summed E-state index contributed by atoms with van der Waals surface area (Å²) in [5.41, 5.74) is 6.45. The van der Waals surface area contributed by atoms with Gasteiger partial charge in [0.05, 0.1) is 11.0 Å². The molecular formula is C37H22BN4O3. The van der Waals surface area contributed by atoms with Crippen molar-refractivity contribution in [3.05, 3.63) is 127 Å². The average Bonchev–Trinajstić information content (AvgIpc) is 3.62. The number of aromatic nitrogens is 4. The molecule has 7 nitrogen and oxygen atoms in total. The van der Waals surface area contributed by atoms with Crippen molar-refractivity contribution in [3.63, 3.8) is 0 Å². The van der Waals surface area contributed by atoms with Gasteiger partial charge in [-0.1, -0.05) is 60.7 Å². The Kier molecular flexibility index (Phi) is 5.69. The van der Waals surface area contributed by atoms with E-state index in [1.54, 1.807) is 0 Å². The van der Waals surface area contributed by atoms with Gasteiger partial charge in [0.15, 0.2) is 11.6 Å². The summed E-state index contributed by atoms with van der Waals surface area (Å²) in [6.07, 6.45) is 0. The number of benzene rings is 6. The van der Waals surface area contributed by atoms with Crippen LogP contribution in [0.4, 0.5) is 0 Å². The Morgan fingerprint density at radius 3 is 1.87 bits per heavy atom. The highest BCUT2D eigenvalue weighted by atomic mass is 16.5. The summed E-state index contributed by atoms with van der Waals surface area (Å²) < 4.78 is 13.7. The zero-order valence-corrected chi connectivity index (χ0v) is 23.8. The predicted octanol–water partition coefficient (Wildman–Crippen LogP) is 8.26. The first-order valence-electron chi connectivity index (χ1n) is 14.6. The van der Waals surface area contributed by atoms with Gasteiger partial charge in [0.1, 0.15) is 11.2 Å². The number of fused-ring (bicyclic) bond motifs is 7. The lowest BCUT2D eigenvalue weighted by Crippen LogP contribution is -2.07. The van der Waals surface area contributed by atoms with Crippen LogP contribution in [0.1, 0.15) is 0 Å². The first-order valence-corrected chi connectivity index (χ1v) is 14.6. The van der Waals surface area contributed by atoms with Gasteiger partial charge in [-0.2, -0.15) is 9.97 Å². The van der Waals surface area contributed by atoms with Crippen LogP contribution in [0.15, 0.2) is 132 Å². The van der Waals surface area contributed by atoms with E-state index in [1.807, 2.05) is 42.5 Å². The quantitative estimate of drug-likeness (QED) is 0.206. The first kappa shape index (κ1) is 25.5. The molecule has 0 aliphatic rings. The maximum absolute atomic E-state index is 9.41. The molecule has 0 aliphatic heterocycles. The van der Waals surface area contributed by atoms with Crippen molar-refractivity contribution >= 4 is 62.2 Å². The SMILES string of the molecule is O[B]Oc1nc(-c2ccc(-n3c4ccccc4c4ccccc43)cc2)nc(-c2ccc3oc4cc5ccccc5cc4c3c2)n1. The van der Waals surface area contributed by atoms with E-state index in [0.29, 0.717) is 19.3 Å². The molecule has 45 heavy (non-hydrogen) atoms. The van der Waals surface area contributed by atoms with E-state index in [0.717, 1.165) is 60.6 Å². The van der Waals surface area contributed by atoms with Gasteiger partial charge in [0, 0.05) is 38.4 Å². The predicted molar refractivity (Wildman–Crippen MR) is 178 cm³/mol. The molecule has 6 aromatic carbocycles. The Hall–Kier alpha value is -5.99. The number of hydrogen-bond donors (Lipinski definition) is 1. The van der Waals surface area contributed by atoms with Crippen molar-refractivity contribution in [3.8, 4) is 34.5 Å². The second-order valence-corrected chi connectivity index (χ2v) is 10.9. The lowest BCUT2D eigenvalue weighted by molar-refractivity contribution is 0.430. The maximum atomic E-state index is 9.41. The van der Waals surface area contributed by atoms with E-state index in [2.05, 4.69) is 99.5 Å². The van der Waals surface area contributed by atoms with E-state index < -0.39 is 0 Å². The largest absolute Gasteiger partial charge is 0.571 e. The summed E-state index contributed by atoms with van der Waals surface area (Å²) in [5, 5.41) is 16.1. The Balaban J connectivity index is 1.15. The third-order valence-electron chi connectivity index (χ3n) is 8.33. The van der Waals surface area contributed by atoms with Crippen LogP contribution in [0.5, 0.6) is 6.01 Å². The summed E-state index contributed by atoms with van der Waals surface area (Å²) in [5.74, 6) is 0.842. The van der Waals surface area contributed by atoms with Crippen LogP contribution >= 0.6 is 0 Å². The number of furan rings is 1. The highest BCUT2D eigenvalue weighted by molar-refractivity contribution is 6.17. The molecule has 0 saturated heterocycles. The minimum atomic E-state index is -0.00730. The Bertz CT molecular complexity index is 2520. The van der Waals surface area contributed by atoms with Gasteiger partial charge in [0.25, 0.3) is 0 Å². The molecule has 0 bridgehead atoms. The molecule has 3 heterocycles. The van der Waals surface area contributed by atoms with Crippen LogP contribution in [0, 0.1) is 0 Å². The van der Waals surface area contributed by atoms with Crippen LogP contribution in [0.25, 0.3) is 83.0 Å². The molecular weight excluding hydrogens is 559 g/mol. The van der Waals surface area contributed by atoms with E-state index >= 15 is 0 Å². The molecule has 211 valence electrons. The zero-order valence-electron chi connectivity index (χ0n) is 23.8. The van der Waals surface area contributed by atoms with Gasteiger partial charge in [0.2, 0.25) is 0 Å². The van der Waals surface area contributed by atoms with Crippen LogP contribution < -0.4 is 4.65 Å². The third-order valence-corrected chi connectivity index (χ3v) is 8.33. The Labute approximate surface area is 257 Å². The summed E-state index contributed by atoms with van der Waals surface area (Å²) in [4.78, 5) is 13.8. The second-order valence-electron chi connectivity index (χ2n) is 10.9. The molecule has 8 heteroatoms. The van der Waals surface area contributed by atoms with Crippen molar-refractivity contribution in [2.75, 3.05) is 0 Å². The summed E-state index contributed by atoms with van der Waals surface area (Å²) in [7, 11) is 0.576. The third kappa shape index (κ3) is 4.15. The van der Waals surface area contributed by atoms with Crippen LogP contribution in [0.2, 0.25) is 0 Å². The fraction of sp³-hybridized carbons (Fsp3) is 0. The van der Waals surface area contributed by atoms with Crippen molar-refractivity contribution in [1.82, 2.24) is 19.5 Å². The van der Waals surface area contributed by atoms with E-state index in [-0.39, 0.29) is 6.01 Å². The van der Waals surface area contributed by atoms with Gasteiger partial charge < -0.3 is 18.7 Å². The van der Waals surface area contributed by atoms with Crippen molar-refractivity contribution in [2.45, 2.75) is 0 Å². The van der Waals surface area contributed by atoms with Gasteiger partial charge >= 0.3 is 13.7 Å². The standard InChI is InChI=1S/C37H22BN4O3/c43-38-45-37-40-35(22-13-16-26(17-14-22)42-31-11-5-3-9-27(31)28-10-4-6-12-32(28)42)39-36(41-37)25-15-18-33-29(20-25)30-19-23-7-1-2-8-24(23)21-34(30)44-33/h1-21,43H. The number of hydrogen-bond acceptors (Lipinski definition) is 6. The molecule has 0 saturated carbocycles. The molecule has 9 rings (SSSR count). The molecule has 0 spiro atoms. The van der Waals surface area contributed by atoms with Gasteiger partial charge in [-0.15, -0.1) is 0 Å². The van der Waals surface area contributed by atoms with E-state index in [9.17, 15) is 5.02 Å².